The van der Waals surface area contributed by atoms with Gasteiger partial charge in [0.25, 0.3) is 0 Å². The van der Waals surface area contributed by atoms with Crippen molar-refractivity contribution in [2.75, 3.05) is 26.7 Å². The van der Waals surface area contributed by atoms with Crippen molar-refractivity contribution in [1.29, 1.82) is 0 Å². The van der Waals surface area contributed by atoms with Gasteiger partial charge in [-0.1, -0.05) is 26.7 Å². The zero-order valence-corrected chi connectivity index (χ0v) is 13.2. The summed E-state index contributed by atoms with van der Waals surface area (Å²) in [6.07, 6.45) is 5.07. The van der Waals surface area contributed by atoms with Crippen LogP contribution < -0.4 is 5.73 Å². The van der Waals surface area contributed by atoms with Gasteiger partial charge in [-0.2, -0.15) is 0 Å². The Kier molecular flexibility index (Phi) is 5.44. The predicted molar refractivity (Wildman–Crippen MR) is 80.2 cm³/mol. The monoisotopic (exact) mass is 282 g/mol. The highest BCUT2D eigenvalue weighted by Crippen LogP contribution is 2.37. The fraction of sp³-hybridized carbons (Fsp3) is 0.938. The van der Waals surface area contributed by atoms with Crippen LogP contribution in [-0.4, -0.2) is 43.7 Å². The molecule has 0 radical (unpaired) electrons. The Balaban J connectivity index is 2.03. The molecule has 1 saturated carbocycles. The van der Waals surface area contributed by atoms with Crippen molar-refractivity contribution in [3.8, 4) is 0 Å². The molecule has 0 spiro atoms. The molecule has 4 heteroatoms. The lowest BCUT2D eigenvalue weighted by atomic mass is 9.76. The average molecular weight is 282 g/mol. The van der Waals surface area contributed by atoms with Gasteiger partial charge < -0.3 is 10.5 Å². The van der Waals surface area contributed by atoms with Crippen LogP contribution in [0.5, 0.6) is 0 Å². The van der Waals surface area contributed by atoms with Crippen molar-refractivity contribution in [1.82, 2.24) is 4.90 Å². The predicted octanol–water partition coefficient (Wildman–Crippen LogP) is 1.88. The van der Waals surface area contributed by atoms with Crippen LogP contribution in [-0.2, 0) is 9.53 Å². The van der Waals surface area contributed by atoms with Crippen LogP contribution in [0.4, 0.5) is 0 Å². The van der Waals surface area contributed by atoms with E-state index in [0.29, 0.717) is 17.9 Å². The molecule has 0 aromatic heterocycles. The van der Waals surface area contributed by atoms with E-state index in [2.05, 4.69) is 18.7 Å². The maximum Gasteiger partial charge on any atom is 0.310 e. The number of esters is 1. The van der Waals surface area contributed by atoms with Crippen LogP contribution in [0.25, 0.3) is 0 Å². The number of hydrogen-bond acceptors (Lipinski definition) is 4. The summed E-state index contributed by atoms with van der Waals surface area (Å²) in [6, 6.07) is 0.566. The van der Waals surface area contributed by atoms with Crippen molar-refractivity contribution < 1.29 is 9.53 Å². The average Bonchev–Trinajstić information content (AvgIpc) is 2.87. The fourth-order valence-corrected chi connectivity index (χ4v) is 4.12. The number of methoxy groups -OCH3 is 1. The van der Waals surface area contributed by atoms with Crippen molar-refractivity contribution >= 4 is 5.97 Å². The van der Waals surface area contributed by atoms with E-state index in [9.17, 15) is 4.79 Å². The SMILES string of the molecule is CCC1CCC(CN)C(N2CC(C)C(C(=O)OC)C2)C1. The Labute approximate surface area is 123 Å². The Bertz CT molecular complexity index is 334. The van der Waals surface area contributed by atoms with Crippen molar-refractivity contribution in [2.24, 2.45) is 29.4 Å². The lowest BCUT2D eigenvalue weighted by Gasteiger charge is -2.41. The zero-order valence-electron chi connectivity index (χ0n) is 13.2. The van der Waals surface area contributed by atoms with Gasteiger partial charge >= 0.3 is 5.97 Å². The van der Waals surface area contributed by atoms with E-state index in [1.165, 1.54) is 32.8 Å². The number of carbonyl (C=O) groups excluding carboxylic acids is 1. The van der Waals surface area contributed by atoms with Crippen molar-refractivity contribution in [3.63, 3.8) is 0 Å². The van der Waals surface area contributed by atoms with E-state index in [1.807, 2.05) is 0 Å². The Morgan fingerprint density at radius 1 is 1.35 bits per heavy atom. The molecule has 4 nitrogen and oxygen atoms in total. The number of hydrogen-bond donors (Lipinski definition) is 1. The van der Waals surface area contributed by atoms with Gasteiger partial charge in [0, 0.05) is 19.1 Å². The van der Waals surface area contributed by atoms with Gasteiger partial charge in [0.1, 0.15) is 0 Å². The van der Waals surface area contributed by atoms with Gasteiger partial charge in [0.15, 0.2) is 0 Å². The molecule has 5 atom stereocenters. The van der Waals surface area contributed by atoms with E-state index in [4.69, 9.17) is 10.5 Å². The molecule has 5 unspecified atom stereocenters. The molecule has 1 heterocycles. The van der Waals surface area contributed by atoms with Gasteiger partial charge in [-0.05, 0) is 37.1 Å². The van der Waals surface area contributed by atoms with E-state index >= 15 is 0 Å². The Morgan fingerprint density at radius 2 is 2.10 bits per heavy atom. The van der Waals surface area contributed by atoms with E-state index in [0.717, 1.165) is 25.6 Å². The standard InChI is InChI=1S/C16H30N2O2/c1-4-12-5-6-13(8-17)15(7-12)18-9-11(2)14(10-18)16(19)20-3/h11-15H,4-10,17H2,1-3H3. The first-order valence-electron chi connectivity index (χ1n) is 8.12. The van der Waals surface area contributed by atoms with Crippen LogP contribution in [0, 0.1) is 23.7 Å². The normalized spacial score (nSPS) is 38.9. The van der Waals surface area contributed by atoms with Gasteiger partial charge in [-0.3, -0.25) is 9.69 Å². The molecule has 0 aromatic rings. The molecule has 2 N–H and O–H groups in total. The Morgan fingerprint density at radius 3 is 2.70 bits per heavy atom. The van der Waals surface area contributed by atoms with Gasteiger partial charge in [0.05, 0.1) is 13.0 Å². The molecule has 1 aliphatic carbocycles. The maximum absolute atomic E-state index is 11.9. The first-order chi connectivity index (χ1) is 9.60. The third kappa shape index (κ3) is 3.17. The minimum absolute atomic E-state index is 0.0421. The van der Waals surface area contributed by atoms with Crippen LogP contribution in [0.2, 0.25) is 0 Å². The summed E-state index contributed by atoms with van der Waals surface area (Å²) in [7, 11) is 1.49. The van der Waals surface area contributed by atoms with Gasteiger partial charge in [0.2, 0.25) is 0 Å². The minimum Gasteiger partial charge on any atom is -0.469 e. The molecule has 116 valence electrons. The lowest BCUT2D eigenvalue weighted by Crippen LogP contribution is -2.46. The van der Waals surface area contributed by atoms with Crippen LogP contribution in [0.3, 0.4) is 0 Å². The molecule has 2 rings (SSSR count). The molecule has 0 aromatic carbocycles. The highest BCUT2D eigenvalue weighted by molar-refractivity contribution is 5.73. The largest absolute Gasteiger partial charge is 0.469 e. The van der Waals surface area contributed by atoms with Gasteiger partial charge in [-0.25, -0.2) is 0 Å². The van der Waals surface area contributed by atoms with E-state index < -0.39 is 0 Å². The minimum atomic E-state index is -0.0489. The number of rotatable bonds is 4. The molecular formula is C16H30N2O2. The van der Waals surface area contributed by atoms with E-state index in [-0.39, 0.29) is 11.9 Å². The topological polar surface area (TPSA) is 55.6 Å². The highest BCUT2D eigenvalue weighted by atomic mass is 16.5. The zero-order chi connectivity index (χ0) is 14.7. The molecule has 0 amide bonds. The number of carbonyl (C=O) groups is 1. The maximum atomic E-state index is 11.9. The third-order valence-electron chi connectivity index (χ3n) is 5.56. The quantitative estimate of drug-likeness (QED) is 0.800. The lowest BCUT2D eigenvalue weighted by molar-refractivity contribution is -0.146. The molecule has 2 aliphatic rings. The smallest absolute Gasteiger partial charge is 0.310 e. The first kappa shape index (κ1) is 15.8. The summed E-state index contributed by atoms with van der Waals surface area (Å²) in [6.45, 7) is 7.09. The van der Waals surface area contributed by atoms with Gasteiger partial charge in [-0.15, -0.1) is 0 Å². The number of ether oxygens (including phenoxy) is 1. The summed E-state index contributed by atoms with van der Waals surface area (Å²) in [5.41, 5.74) is 5.99. The number of likely N-dealkylation sites (tertiary alicyclic amines) is 1. The van der Waals surface area contributed by atoms with Crippen molar-refractivity contribution in [3.05, 3.63) is 0 Å². The van der Waals surface area contributed by atoms with Crippen LogP contribution in [0.1, 0.15) is 39.5 Å². The first-order valence-corrected chi connectivity index (χ1v) is 8.12. The molecule has 1 saturated heterocycles. The van der Waals surface area contributed by atoms with Crippen LogP contribution >= 0.6 is 0 Å². The molecule has 2 fully saturated rings. The summed E-state index contributed by atoms with van der Waals surface area (Å²) in [5, 5.41) is 0. The molecule has 1 aliphatic heterocycles. The molecular weight excluding hydrogens is 252 g/mol. The summed E-state index contributed by atoms with van der Waals surface area (Å²) < 4.78 is 4.95. The number of nitrogens with zero attached hydrogens (tertiary/aromatic N) is 1. The molecule has 20 heavy (non-hydrogen) atoms. The third-order valence-corrected chi connectivity index (χ3v) is 5.56. The second kappa shape index (κ2) is 6.90. The summed E-state index contributed by atoms with van der Waals surface area (Å²) in [4.78, 5) is 14.4. The van der Waals surface area contributed by atoms with Crippen molar-refractivity contribution in [2.45, 2.75) is 45.6 Å². The summed E-state index contributed by atoms with van der Waals surface area (Å²) in [5.74, 6) is 1.81. The van der Waals surface area contributed by atoms with Crippen LogP contribution in [0.15, 0.2) is 0 Å². The summed E-state index contributed by atoms with van der Waals surface area (Å²) >= 11 is 0. The number of nitrogens with two attached hydrogens (primary N) is 1. The Hall–Kier alpha value is -0.610. The van der Waals surface area contributed by atoms with E-state index in [1.54, 1.807) is 0 Å². The highest BCUT2D eigenvalue weighted by Gasteiger charge is 2.41. The fourth-order valence-electron chi connectivity index (χ4n) is 4.12. The molecule has 0 bridgehead atoms. The second-order valence-electron chi connectivity index (χ2n) is 6.71. The second-order valence-corrected chi connectivity index (χ2v) is 6.71.